The molecule has 0 aliphatic rings. The van der Waals surface area contributed by atoms with Gasteiger partial charge in [0, 0.05) is 6.42 Å². The molecule has 0 rings (SSSR count). The summed E-state index contributed by atoms with van der Waals surface area (Å²) >= 11 is 0. The van der Waals surface area contributed by atoms with Crippen molar-refractivity contribution in [3.63, 3.8) is 0 Å². The van der Waals surface area contributed by atoms with Crippen LogP contribution in [0.25, 0.3) is 0 Å². The van der Waals surface area contributed by atoms with E-state index >= 15 is 0 Å². The number of nitrogens with zero attached hydrogens (tertiary/aromatic N) is 1. The fourth-order valence-electron chi connectivity index (χ4n) is 6.44. The van der Waals surface area contributed by atoms with Crippen molar-refractivity contribution >= 4 is 13.7 Å². The van der Waals surface area contributed by atoms with Crippen LogP contribution in [-0.4, -0.2) is 73.4 Å². The van der Waals surface area contributed by atoms with Crippen LogP contribution in [0.15, 0.2) is 97.2 Å². The van der Waals surface area contributed by atoms with Gasteiger partial charge in [0.25, 0.3) is 0 Å². The van der Waals surface area contributed by atoms with Crippen molar-refractivity contribution in [2.24, 2.45) is 0 Å². The minimum atomic E-state index is -4.32. The number of phosphoric ester groups is 1. The van der Waals surface area contributed by atoms with Crippen LogP contribution >= 0.6 is 7.82 Å². The molecule has 0 aromatic rings. The molecule has 356 valence electrons. The maximum absolute atomic E-state index is 12.7. The number of likely N-dealkylation sites (N-methyl/N-ethyl adjacent to an activating group) is 1. The molecule has 3 atom stereocenters. The van der Waals surface area contributed by atoms with Crippen molar-refractivity contribution in [1.82, 2.24) is 5.32 Å². The summed E-state index contributed by atoms with van der Waals surface area (Å²) < 4.78 is 23.2. The Kier molecular flexibility index (Phi) is 41.8. The van der Waals surface area contributed by atoms with Crippen molar-refractivity contribution in [3.8, 4) is 0 Å². The normalized spacial score (nSPS) is 15.0. The summed E-state index contributed by atoms with van der Waals surface area (Å²) in [6, 6.07) is -0.846. The minimum absolute atomic E-state index is 0.0565. The van der Waals surface area contributed by atoms with E-state index in [1.54, 1.807) is 6.08 Å². The lowest BCUT2D eigenvalue weighted by Gasteiger charge is -2.25. The van der Waals surface area contributed by atoms with Crippen LogP contribution in [0.2, 0.25) is 0 Å². The molecule has 0 aromatic heterocycles. The Morgan fingerprint density at radius 1 is 0.565 bits per heavy atom. The number of hydrogen-bond acceptors (Lipinski definition) is 5. The Balaban J connectivity index is 3.78. The second-order valence-corrected chi connectivity index (χ2v) is 18.9. The number of carbonyl (C=O) groups excluding carboxylic acids is 1. The first-order valence-corrected chi connectivity index (χ1v) is 26.1. The van der Waals surface area contributed by atoms with Crippen molar-refractivity contribution < 1.29 is 32.9 Å². The lowest BCUT2D eigenvalue weighted by molar-refractivity contribution is -0.870. The van der Waals surface area contributed by atoms with Gasteiger partial charge in [-0.3, -0.25) is 13.8 Å². The van der Waals surface area contributed by atoms with Crippen molar-refractivity contribution in [2.75, 3.05) is 40.9 Å². The summed E-state index contributed by atoms with van der Waals surface area (Å²) in [5.74, 6) is -0.194. The third-order valence-corrected chi connectivity index (χ3v) is 11.3. The molecule has 0 aliphatic heterocycles. The van der Waals surface area contributed by atoms with Gasteiger partial charge < -0.3 is 19.8 Å². The largest absolute Gasteiger partial charge is 0.472 e. The Bertz CT molecular complexity index is 1330. The van der Waals surface area contributed by atoms with E-state index in [1.807, 2.05) is 34.1 Å². The third kappa shape index (κ3) is 45.4. The number of phosphoric acid groups is 1. The zero-order valence-electron chi connectivity index (χ0n) is 40.3. The highest BCUT2D eigenvalue weighted by molar-refractivity contribution is 7.47. The van der Waals surface area contributed by atoms with Crippen molar-refractivity contribution in [3.05, 3.63) is 97.2 Å². The lowest BCUT2D eigenvalue weighted by Crippen LogP contribution is -2.45. The maximum atomic E-state index is 12.7. The number of carbonyl (C=O) groups is 1. The van der Waals surface area contributed by atoms with Crippen LogP contribution in [0, 0.1) is 0 Å². The van der Waals surface area contributed by atoms with Crippen molar-refractivity contribution in [1.29, 1.82) is 0 Å². The van der Waals surface area contributed by atoms with Crippen LogP contribution in [0.4, 0.5) is 0 Å². The average molecular weight is 886 g/mol. The first-order chi connectivity index (χ1) is 30.0. The predicted octanol–water partition coefficient (Wildman–Crippen LogP) is 14.3. The van der Waals surface area contributed by atoms with Gasteiger partial charge in [0.05, 0.1) is 39.9 Å². The highest BCUT2D eigenvalue weighted by Gasteiger charge is 2.27. The number of allylic oxidation sites excluding steroid dienone is 15. The van der Waals surface area contributed by atoms with E-state index in [-0.39, 0.29) is 19.1 Å². The molecule has 3 unspecified atom stereocenters. The van der Waals surface area contributed by atoms with Crippen LogP contribution < -0.4 is 5.32 Å². The summed E-state index contributed by atoms with van der Waals surface area (Å²) in [5, 5.41) is 13.5. The smallest absolute Gasteiger partial charge is 0.387 e. The molecule has 0 aliphatic carbocycles. The minimum Gasteiger partial charge on any atom is -0.387 e. The molecule has 0 heterocycles. The summed E-state index contributed by atoms with van der Waals surface area (Å²) in [4.78, 5) is 22.8. The SMILES string of the molecule is CC/C=C\C/C=C\C/C=C\C/C=C\C/C=C\C/C=C\C/C=C\CCCCCCCCCCCCCCCCCC(=O)NC(COP(=O)(O)OCC[N+](C)(C)C)C(O)/C=C/CCC. The summed E-state index contributed by atoms with van der Waals surface area (Å²) in [6.45, 7) is 4.46. The molecule has 0 radical (unpaired) electrons. The highest BCUT2D eigenvalue weighted by Crippen LogP contribution is 2.43. The third-order valence-electron chi connectivity index (χ3n) is 10.3. The van der Waals surface area contributed by atoms with Gasteiger partial charge in [-0.1, -0.05) is 201 Å². The van der Waals surface area contributed by atoms with E-state index < -0.39 is 20.0 Å². The number of rotatable bonds is 43. The van der Waals surface area contributed by atoms with Gasteiger partial charge in [-0.05, 0) is 70.6 Å². The first-order valence-electron chi connectivity index (χ1n) is 24.6. The molecule has 0 bridgehead atoms. The number of unbranched alkanes of at least 4 members (excludes halogenated alkanes) is 16. The van der Waals surface area contributed by atoms with Crippen molar-refractivity contribution in [2.45, 2.75) is 193 Å². The number of aliphatic hydroxyl groups excluding tert-OH is 1. The second-order valence-electron chi connectivity index (χ2n) is 17.5. The molecule has 62 heavy (non-hydrogen) atoms. The topological polar surface area (TPSA) is 105 Å². The van der Waals surface area contributed by atoms with E-state index in [0.717, 1.165) is 77.0 Å². The Morgan fingerprint density at radius 3 is 1.39 bits per heavy atom. The zero-order valence-corrected chi connectivity index (χ0v) is 41.2. The number of nitrogens with one attached hydrogen (secondary N) is 1. The van der Waals surface area contributed by atoms with E-state index in [9.17, 15) is 19.4 Å². The zero-order chi connectivity index (χ0) is 45.7. The fourth-order valence-corrected chi connectivity index (χ4v) is 7.18. The Labute approximate surface area is 381 Å². The lowest BCUT2D eigenvalue weighted by atomic mass is 10.0. The standard InChI is InChI=1S/C53H93N2O6P/c1-6-8-10-11-12-13-14-15-16-17-18-19-20-21-22-23-24-25-26-27-28-29-30-31-32-33-34-35-36-37-38-39-40-41-42-43-45-47-53(57)54-51(52(56)46-44-9-7-2)50-61-62(58,59)60-49-48-55(3,4)5/h8,10,12-13,15-16,18-19,21-22,24-25,27-28,44,46,51-52,56H,6-7,9,11,14,17,20,23,26,29-43,45,47-50H2,1-5H3,(H-,54,57,58,59)/p+1/b10-8-,13-12-,16-15-,19-18-,22-21-,25-24-,28-27-,46-44+. The quantitative estimate of drug-likeness (QED) is 0.0244. The number of aliphatic hydroxyl groups is 1. The van der Waals surface area contributed by atoms with Crippen LogP contribution in [0.5, 0.6) is 0 Å². The van der Waals surface area contributed by atoms with E-state index in [1.165, 1.54) is 83.5 Å². The van der Waals surface area contributed by atoms with Gasteiger partial charge in [-0.2, -0.15) is 0 Å². The summed E-state index contributed by atoms with van der Waals surface area (Å²) in [6.07, 6.45) is 63.1. The van der Waals surface area contributed by atoms with Crippen LogP contribution in [0.1, 0.15) is 181 Å². The monoisotopic (exact) mass is 886 g/mol. The van der Waals surface area contributed by atoms with Gasteiger partial charge >= 0.3 is 7.82 Å². The van der Waals surface area contributed by atoms with E-state index in [2.05, 4.69) is 97.3 Å². The molecule has 0 aromatic carbocycles. The molecule has 0 saturated heterocycles. The number of amides is 1. The molecule has 0 fully saturated rings. The van der Waals surface area contributed by atoms with Crippen LogP contribution in [0.3, 0.4) is 0 Å². The molecule has 1 amide bonds. The Morgan fingerprint density at radius 2 is 0.968 bits per heavy atom. The second kappa shape index (κ2) is 43.7. The molecule has 3 N–H and O–H groups in total. The van der Waals surface area contributed by atoms with E-state index in [0.29, 0.717) is 17.4 Å². The van der Waals surface area contributed by atoms with Gasteiger partial charge in [0.2, 0.25) is 5.91 Å². The van der Waals surface area contributed by atoms with E-state index in [4.69, 9.17) is 9.05 Å². The first kappa shape index (κ1) is 59.4. The highest BCUT2D eigenvalue weighted by atomic mass is 31.2. The molecule has 8 nitrogen and oxygen atoms in total. The van der Waals surface area contributed by atoms with Gasteiger partial charge in [-0.25, -0.2) is 4.57 Å². The number of quaternary nitrogens is 1. The van der Waals surface area contributed by atoms with Gasteiger partial charge in [0.15, 0.2) is 0 Å². The number of hydrogen-bond donors (Lipinski definition) is 3. The molecule has 0 spiro atoms. The predicted molar refractivity (Wildman–Crippen MR) is 267 cm³/mol. The van der Waals surface area contributed by atoms with Crippen LogP contribution in [-0.2, 0) is 18.4 Å². The maximum Gasteiger partial charge on any atom is 0.472 e. The molecular weight excluding hydrogens is 792 g/mol. The summed E-state index contributed by atoms with van der Waals surface area (Å²) in [7, 11) is 1.55. The fraction of sp³-hybridized carbons (Fsp3) is 0.679. The van der Waals surface area contributed by atoms with Gasteiger partial charge in [-0.15, -0.1) is 0 Å². The molecular formula is C53H94N2O6P+. The molecule has 9 heteroatoms. The Hall–Kier alpha value is -2.58. The molecule has 0 saturated carbocycles. The van der Waals surface area contributed by atoms with Gasteiger partial charge in [0.1, 0.15) is 13.2 Å². The summed E-state index contributed by atoms with van der Waals surface area (Å²) in [5.41, 5.74) is 0. The average Bonchev–Trinajstić information content (AvgIpc) is 3.23.